The minimum absolute atomic E-state index is 0.0955. The van der Waals surface area contributed by atoms with Crippen molar-refractivity contribution in [1.29, 1.82) is 5.26 Å². The minimum Gasteiger partial charge on any atom is -0.382 e. The monoisotopic (exact) mass is 491 g/mol. The fourth-order valence-electron chi connectivity index (χ4n) is 5.17. The summed E-state index contributed by atoms with van der Waals surface area (Å²) in [6, 6.07) is 5.49. The van der Waals surface area contributed by atoms with Crippen LogP contribution in [0.3, 0.4) is 0 Å². The zero-order valence-electron chi connectivity index (χ0n) is 19.5. The number of ether oxygens (including phenoxy) is 2. The lowest BCUT2D eigenvalue weighted by atomic mass is 9.71. The van der Waals surface area contributed by atoms with Crippen molar-refractivity contribution >= 4 is 11.6 Å². The molecule has 2 aliphatic rings. The molecule has 2 fully saturated rings. The zero-order valence-corrected chi connectivity index (χ0v) is 19.5. The number of likely N-dealkylation sites (tertiary alicyclic amines) is 1. The van der Waals surface area contributed by atoms with Crippen molar-refractivity contribution in [2.45, 2.75) is 19.0 Å². The van der Waals surface area contributed by atoms with Crippen LogP contribution < -0.4 is 4.90 Å². The number of rotatable bonds is 7. The van der Waals surface area contributed by atoms with Gasteiger partial charge in [-0.05, 0) is 36.5 Å². The highest BCUT2D eigenvalue weighted by Crippen LogP contribution is 2.46. The van der Waals surface area contributed by atoms with E-state index in [1.807, 2.05) is 9.80 Å². The van der Waals surface area contributed by atoms with Gasteiger partial charge in [-0.2, -0.15) is 23.5 Å². The number of amides is 1. The molecule has 35 heavy (non-hydrogen) atoms. The molecule has 1 amide bonds. The van der Waals surface area contributed by atoms with Crippen molar-refractivity contribution in [3.8, 4) is 6.07 Å². The van der Waals surface area contributed by atoms with Gasteiger partial charge in [-0.1, -0.05) is 0 Å². The van der Waals surface area contributed by atoms with Crippen LogP contribution in [0.4, 0.5) is 18.9 Å². The maximum Gasteiger partial charge on any atom is 0.417 e. The van der Waals surface area contributed by atoms with Crippen LogP contribution in [0.15, 0.2) is 30.6 Å². The fraction of sp³-hybridized carbons (Fsp3) is 0.542. The van der Waals surface area contributed by atoms with E-state index in [0.717, 1.165) is 6.07 Å². The Morgan fingerprint density at radius 3 is 2.71 bits per heavy atom. The number of nitrogens with zero attached hydrogens (tertiary/aromatic N) is 4. The molecule has 2 aliphatic heterocycles. The van der Waals surface area contributed by atoms with Gasteiger partial charge < -0.3 is 19.3 Å². The number of nitrogens with one attached hydrogen (secondary N) is 1. The number of nitriles is 1. The summed E-state index contributed by atoms with van der Waals surface area (Å²) in [4.78, 5) is 16.7. The van der Waals surface area contributed by atoms with Crippen molar-refractivity contribution in [3.05, 3.63) is 47.3 Å². The van der Waals surface area contributed by atoms with E-state index in [4.69, 9.17) is 14.7 Å². The van der Waals surface area contributed by atoms with Crippen LogP contribution >= 0.6 is 0 Å². The predicted octanol–water partition coefficient (Wildman–Crippen LogP) is 3.32. The Kier molecular flexibility index (Phi) is 7.33. The smallest absolute Gasteiger partial charge is 0.382 e. The van der Waals surface area contributed by atoms with Crippen LogP contribution in [0.25, 0.3) is 0 Å². The van der Waals surface area contributed by atoms with Crippen LogP contribution in [-0.2, 0) is 15.7 Å². The first-order valence-electron chi connectivity index (χ1n) is 11.5. The van der Waals surface area contributed by atoms with E-state index < -0.39 is 11.7 Å². The van der Waals surface area contributed by atoms with Crippen LogP contribution in [0.2, 0.25) is 0 Å². The molecule has 2 saturated heterocycles. The van der Waals surface area contributed by atoms with Gasteiger partial charge in [0.25, 0.3) is 5.91 Å². The summed E-state index contributed by atoms with van der Waals surface area (Å²) < 4.78 is 51.2. The Balaban J connectivity index is 1.50. The number of benzene rings is 1. The molecule has 8 nitrogen and oxygen atoms in total. The van der Waals surface area contributed by atoms with E-state index in [9.17, 15) is 18.0 Å². The van der Waals surface area contributed by atoms with Crippen molar-refractivity contribution in [2.75, 3.05) is 58.0 Å². The lowest BCUT2D eigenvalue weighted by Gasteiger charge is -2.43. The molecule has 0 aliphatic carbocycles. The average molecular weight is 492 g/mol. The van der Waals surface area contributed by atoms with Gasteiger partial charge in [0.1, 0.15) is 0 Å². The van der Waals surface area contributed by atoms with Gasteiger partial charge in [0, 0.05) is 51.1 Å². The van der Waals surface area contributed by atoms with Gasteiger partial charge in [-0.3, -0.25) is 9.89 Å². The van der Waals surface area contributed by atoms with Crippen molar-refractivity contribution < 1.29 is 27.4 Å². The van der Waals surface area contributed by atoms with Gasteiger partial charge in [0.15, 0.2) is 0 Å². The number of aromatic nitrogens is 2. The minimum atomic E-state index is -4.60. The third kappa shape index (κ3) is 5.28. The molecule has 0 saturated carbocycles. The molecule has 11 heteroatoms. The molecule has 1 N–H and O–H groups in total. The number of hydrogen-bond acceptors (Lipinski definition) is 6. The first-order valence-corrected chi connectivity index (χ1v) is 11.5. The summed E-state index contributed by atoms with van der Waals surface area (Å²) in [7, 11) is 1.61. The molecule has 4 rings (SSSR count). The Labute approximate surface area is 201 Å². The van der Waals surface area contributed by atoms with Gasteiger partial charge in [-0.15, -0.1) is 0 Å². The van der Waals surface area contributed by atoms with E-state index in [1.54, 1.807) is 25.4 Å². The lowest BCUT2D eigenvalue weighted by Crippen LogP contribution is -2.45. The lowest BCUT2D eigenvalue weighted by molar-refractivity contribution is -0.137. The molecule has 2 aromatic rings. The molecule has 1 aromatic heterocycles. The summed E-state index contributed by atoms with van der Waals surface area (Å²) >= 11 is 0. The third-order valence-electron chi connectivity index (χ3n) is 7.15. The Bertz CT molecular complexity index is 1060. The highest BCUT2D eigenvalue weighted by molar-refractivity contribution is 5.94. The molecule has 3 heterocycles. The second-order valence-electron chi connectivity index (χ2n) is 9.13. The van der Waals surface area contributed by atoms with E-state index >= 15 is 0 Å². The standard InChI is InChI=1S/C24H28F3N5O3/c1-34-8-9-35-15-19-14-32(22(33)18-12-29-30-13-18)16-23(19)4-6-31(7-5-23)20-3-2-17(11-28)21(10-20)24(25,26)27/h2-3,10,12-13,19H,4-9,14-16H2,1H3,(H,29,30). The molecular formula is C24H28F3N5O3. The summed E-state index contributed by atoms with van der Waals surface area (Å²) in [5.74, 6) is 0.00548. The topological polar surface area (TPSA) is 94.5 Å². The first-order chi connectivity index (χ1) is 16.8. The molecule has 188 valence electrons. The molecule has 1 spiro atoms. The zero-order chi connectivity index (χ0) is 25.1. The molecule has 0 radical (unpaired) electrons. The third-order valence-corrected chi connectivity index (χ3v) is 7.15. The van der Waals surface area contributed by atoms with Crippen LogP contribution in [-0.4, -0.2) is 74.1 Å². The number of aromatic amines is 1. The summed E-state index contributed by atoms with van der Waals surface area (Å²) in [5.41, 5.74) is -0.547. The van der Waals surface area contributed by atoms with E-state index in [1.165, 1.54) is 12.3 Å². The summed E-state index contributed by atoms with van der Waals surface area (Å²) in [6.07, 6.45) is -0.0991. The van der Waals surface area contributed by atoms with Crippen molar-refractivity contribution in [1.82, 2.24) is 15.1 Å². The number of piperidine rings is 1. The van der Waals surface area contributed by atoms with Gasteiger partial charge in [-0.25, -0.2) is 0 Å². The second kappa shape index (κ2) is 10.3. The quantitative estimate of drug-likeness (QED) is 0.598. The van der Waals surface area contributed by atoms with Crippen molar-refractivity contribution in [2.24, 2.45) is 11.3 Å². The van der Waals surface area contributed by atoms with Crippen molar-refractivity contribution in [3.63, 3.8) is 0 Å². The number of H-pyrrole nitrogens is 1. The molecular weight excluding hydrogens is 463 g/mol. The number of alkyl halides is 3. The largest absolute Gasteiger partial charge is 0.417 e. The summed E-state index contributed by atoms with van der Waals surface area (Å²) in [5, 5.41) is 15.6. The van der Waals surface area contributed by atoms with Crippen LogP contribution in [0.5, 0.6) is 0 Å². The SMILES string of the molecule is COCCOCC1CN(C(=O)c2cn[nH]c2)CC12CCN(c1ccc(C#N)c(C(F)(F)F)c1)CC2. The maximum atomic E-state index is 13.4. The Morgan fingerprint density at radius 2 is 2.09 bits per heavy atom. The number of anilines is 1. The second-order valence-corrected chi connectivity index (χ2v) is 9.13. The molecule has 1 unspecified atom stereocenters. The van der Waals surface area contributed by atoms with E-state index in [2.05, 4.69) is 10.2 Å². The van der Waals surface area contributed by atoms with Gasteiger partial charge in [0.05, 0.1) is 48.8 Å². The number of hydrogen-bond donors (Lipinski definition) is 1. The molecule has 1 atom stereocenters. The molecule has 1 aromatic carbocycles. The number of carbonyl (C=O) groups is 1. The number of carbonyl (C=O) groups excluding carboxylic acids is 1. The highest BCUT2D eigenvalue weighted by atomic mass is 19.4. The van der Waals surface area contributed by atoms with Gasteiger partial charge in [0.2, 0.25) is 0 Å². The Hall–Kier alpha value is -3.10. The summed E-state index contributed by atoms with van der Waals surface area (Å²) in [6.45, 7) is 3.61. The maximum absolute atomic E-state index is 13.4. The van der Waals surface area contributed by atoms with Crippen LogP contribution in [0, 0.1) is 22.7 Å². The van der Waals surface area contributed by atoms with Gasteiger partial charge >= 0.3 is 6.18 Å². The number of methoxy groups -OCH3 is 1. The predicted molar refractivity (Wildman–Crippen MR) is 121 cm³/mol. The van der Waals surface area contributed by atoms with E-state index in [-0.39, 0.29) is 22.8 Å². The molecule has 0 bridgehead atoms. The first kappa shape index (κ1) is 25.0. The Morgan fingerprint density at radius 1 is 1.31 bits per heavy atom. The highest BCUT2D eigenvalue weighted by Gasteiger charge is 2.49. The van der Waals surface area contributed by atoms with Crippen LogP contribution in [0.1, 0.15) is 34.3 Å². The van der Waals surface area contributed by atoms with E-state index in [0.29, 0.717) is 70.1 Å². The number of halogens is 3. The fourth-order valence-corrected chi connectivity index (χ4v) is 5.17. The normalized spacial score (nSPS) is 19.8. The average Bonchev–Trinajstić information content (AvgIpc) is 3.50.